The molecule has 1 rings (SSSR count). The standard InChI is InChI=1S/C18H38N2O/c1-16(2,3)19-13-18(14-21,20-17(4,5)6)12-15-10-8-7-9-11-15/h15,19-21H,7-14H2,1-6H3. The van der Waals surface area contributed by atoms with E-state index in [1.165, 1.54) is 32.1 Å². The second-order valence-electron chi connectivity index (χ2n) is 9.13. The lowest BCUT2D eigenvalue weighted by atomic mass is 9.78. The fourth-order valence-electron chi connectivity index (χ4n) is 3.50. The first-order chi connectivity index (χ1) is 9.55. The Morgan fingerprint density at radius 2 is 1.48 bits per heavy atom. The van der Waals surface area contributed by atoms with Crippen LogP contribution in [0.4, 0.5) is 0 Å². The molecule has 0 spiro atoms. The minimum atomic E-state index is -0.215. The summed E-state index contributed by atoms with van der Waals surface area (Å²) in [5.41, 5.74) is -0.128. The van der Waals surface area contributed by atoms with Gasteiger partial charge >= 0.3 is 0 Å². The van der Waals surface area contributed by atoms with E-state index in [2.05, 4.69) is 52.2 Å². The third-order valence-corrected chi connectivity index (χ3v) is 4.30. The monoisotopic (exact) mass is 298 g/mol. The predicted octanol–water partition coefficient (Wildman–Crippen LogP) is 3.46. The molecule has 3 N–H and O–H groups in total. The van der Waals surface area contributed by atoms with Crippen molar-refractivity contribution in [2.24, 2.45) is 5.92 Å². The Labute approximate surface area is 132 Å². The number of aliphatic hydroxyl groups is 1. The van der Waals surface area contributed by atoms with E-state index in [4.69, 9.17) is 0 Å². The minimum Gasteiger partial charge on any atom is -0.394 e. The topological polar surface area (TPSA) is 44.3 Å². The normalized spacial score (nSPS) is 21.3. The molecule has 0 aromatic carbocycles. The molecule has 1 atom stereocenters. The molecule has 0 heterocycles. The van der Waals surface area contributed by atoms with Gasteiger partial charge in [-0.15, -0.1) is 0 Å². The summed E-state index contributed by atoms with van der Waals surface area (Å²) in [5.74, 6) is 0.752. The van der Waals surface area contributed by atoms with E-state index in [-0.39, 0.29) is 23.2 Å². The van der Waals surface area contributed by atoms with Crippen molar-refractivity contribution in [2.75, 3.05) is 13.2 Å². The van der Waals surface area contributed by atoms with Gasteiger partial charge in [0.15, 0.2) is 0 Å². The Morgan fingerprint density at radius 1 is 0.905 bits per heavy atom. The van der Waals surface area contributed by atoms with Crippen molar-refractivity contribution in [3.8, 4) is 0 Å². The maximum Gasteiger partial charge on any atom is 0.0626 e. The molecule has 3 nitrogen and oxygen atoms in total. The highest BCUT2D eigenvalue weighted by molar-refractivity contribution is 4.97. The van der Waals surface area contributed by atoms with Crippen LogP contribution in [0.2, 0.25) is 0 Å². The molecule has 3 heteroatoms. The third kappa shape index (κ3) is 7.62. The summed E-state index contributed by atoms with van der Waals surface area (Å²) in [7, 11) is 0. The quantitative estimate of drug-likeness (QED) is 0.703. The molecule has 0 amide bonds. The fourth-order valence-corrected chi connectivity index (χ4v) is 3.50. The first-order valence-electron chi connectivity index (χ1n) is 8.71. The van der Waals surface area contributed by atoms with Crippen LogP contribution in [0.5, 0.6) is 0 Å². The van der Waals surface area contributed by atoms with Gasteiger partial charge in [0, 0.05) is 17.6 Å². The van der Waals surface area contributed by atoms with Crippen LogP contribution in [-0.2, 0) is 0 Å². The van der Waals surface area contributed by atoms with Crippen LogP contribution in [-0.4, -0.2) is 34.9 Å². The predicted molar refractivity (Wildman–Crippen MR) is 91.7 cm³/mol. The van der Waals surface area contributed by atoms with Gasteiger partial charge in [0.2, 0.25) is 0 Å². The SMILES string of the molecule is CC(C)(C)NCC(CO)(CC1CCCCC1)NC(C)(C)C. The first kappa shape index (κ1) is 18.9. The van der Waals surface area contributed by atoms with Crippen molar-refractivity contribution in [3.05, 3.63) is 0 Å². The lowest BCUT2D eigenvalue weighted by molar-refractivity contribution is 0.0902. The van der Waals surface area contributed by atoms with Crippen LogP contribution in [0, 0.1) is 5.92 Å². The molecule has 21 heavy (non-hydrogen) atoms. The molecule has 1 aliphatic rings. The van der Waals surface area contributed by atoms with Crippen molar-refractivity contribution in [1.82, 2.24) is 10.6 Å². The smallest absolute Gasteiger partial charge is 0.0626 e. The Bertz CT molecular complexity index is 297. The summed E-state index contributed by atoms with van der Waals surface area (Å²) >= 11 is 0. The average molecular weight is 299 g/mol. The van der Waals surface area contributed by atoms with Gasteiger partial charge in [-0.3, -0.25) is 0 Å². The lowest BCUT2D eigenvalue weighted by Gasteiger charge is -2.43. The summed E-state index contributed by atoms with van der Waals surface area (Å²) in [6.07, 6.45) is 7.81. The van der Waals surface area contributed by atoms with E-state index < -0.39 is 0 Å². The van der Waals surface area contributed by atoms with Crippen LogP contribution >= 0.6 is 0 Å². The second kappa shape index (κ2) is 7.43. The minimum absolute atomic E-state index is 0.0109. The fraction of sp³-hybridized carbons (Fsp3) is 1.00. The molecule has 1 fully saturated rings. The van der Waals surface area contributed by atoms with E-state index >= 15 is 0 Å². The zero-order valence-electron chi connectivity index (χ0n) is 15.2. The summed E-state index contributed by atoms with van der Waals surface area (Å²) in [4.78, 5) is 0. The van der Waals surface area contributed by atoms with Crippen LogP contribution in [0.15, 0.2) is 0 Å². The second-order valence-corrected chi connectivity index (χ2v) is 9.13. The Balaban J connectivity index is 2.78. The van der Waals surface area contributed by atoms with Crippen molar-refractivity contribution in [2.45, 2.75) is 96.7 Å². The first-order valence-corrected chi connectivity index (χ1v) is 8.71. The molecule has 0 radical (unpaired) electrons. The number of hydrogen-bond acceptors (Lipinski definition) is 3. The van der Waals surface area contributed by atoms with Gasteiger partial charge < -0.3 is 15.7 Å². The van der Waals surface area contributed by atoms with Crippen molar-refractivity contribution >= 4 is 0 Å². The molecule has 1 unspecified atom stereocenters. The van der Waals surface area contributed by atoms with Gasteiger partial charge in [-0.05, 0) is 53.9 Å². The van der Waals surface area contributed by atoms with E-state index in [1.807, 2.05) is 0 Å². The van der Waals surface area contributed by atoms with Crippen LogP contribution in [0.3, 0.4) is 0 Å². The van der Waals surface area contributed by atoms with Gasteiger partial charge in [-0.25, -0.2) is 0 Å². The van der Waals surface area contributed by atoms with Crippen LogP contribution < -0.4 is 10.6 Å². The lowest BCUT2D eigenvalue weighted by Crippen LogP contribution is -2.63. The van der Waals surface area contributed by atoms with Gasteiger partial charge in [0.25, 0.3) is 0 Å². The number of nitrogens with one attached hydrogen (secondary N) is 2. The molecule has 0 bridgehead atoms. The van der Waals surface area contributed by atoms with Crippen molar-refractivity contribution < 1.29 is 5.11 Å². The molecule has 1 aliphatic carbocycles. The maximum absolute atomic E-state index is 10.2. The highest BCUT2D eigenvalue weighted by atomic mass is 16.3. The Morgan fingerprint density at radius 3 is 1.90 bits per heavy atom. The largest absolute Gasteiger partial charge is 0.394 e. The number of aliphatic hydroxyl groups excluding tert-OH is 1. The van der Waals surface area contributed by atoms with Gasteiger partial charge in [-0.1, -0.05) is 32.1 Å². The zero-order chi connectivity index (χ0) is 16.1. The highest BCUT2D eigenvalue weighted by Crippen LogP contribution is 2.31. The summed E-state index contributed by atoms with van der Waals surface area (Å²) in [6.45, 7) is 14.2. The third-order valence-electron chi connectivity index (χ3n) is 4.30. The van der Waals surface area contributed by atoms with Gasteiger partial charge in [0.1, 0.15) is 0 Å². The summed E-state index contributed by atoms with van der Waals surface area (Å²) in [5, 5.41) is 17.5. The average Bonchev–Trinajstić information content (AvgIpc) is 2.35. The van der Waals surface area contributed by atoms with E-state index in [9.17, 15) is 5.11 Å². The summed E-state index contributed by atoms with van der Waals surface area (Å²) < 4.78 is 0. The number of rotatable bonds is 6. The molecule has 0 aromatic heterocycles. The molecule has 0 saturated heterocycles. The molecule has 0 aliphatic heterocycles. The summed E-state index contributed by atoms with van der Waals surface area (Å²) in [6, 6.07) is 0. The van der Waals surface area contributed by atoms with Crippen LogP contribution in [0.25, 0.3) is 0 Å². The zero-order valence-corrected chi connectivity index (χ0v) is 15.2. The highest BCUT2D eigenvalue weighted by Gasteiger charge is 2.36. The molecular formula is C18H38N2O. The molecule has 1 saturated carbocycles. The molecule has 0 aromatic rings. The van der Waals surface area contributed by atoms with Gasteiger partial charge in [-0.2, -0.15) is 0 Å². The van der Waals surface area contributed by atoms with Crippen LogP contribution in [0.1, 0.15) is 80.1 Å². The van der Waals surface area contributed by atoms with E-state index in [1.54, 1.807) is 0 Å². The van der Waals surface area contributed by atoms with Gasteiger partial charge in [0.05, 0.1) is 12.1 Å². The number of hydrogen-bond donors (Lipinski definition) is 3. The van der Waals surface area contributed by atoms with Crippen molar-refractivity contribution in [3.63, 3.8) is 0 Å². The Hall–Kier alpha value is -0.120. The van der Waals surface area contributed by atoms with E-state index in [0.29, 0.717) is 0 Å². The molecular weight excluding hydrogens is 260 g/mol. The maximum atomic E-state index is 10.2. The molecule has 126 valence electrons. The van der Waals surface area contributed by atoms with E-state index in [0.717, 1.165) is 18.9 Å². The Kier molecular flexibility index (Phi) is 6.70. The van der Waals surface area contributed by atoms with Crippen molar-refractivity contribution in [1.29, 1.82) is 0 Å².